The van der Waals surface area contributed by atoms with Gasteiger partial charge in [-0.2, -0.15) is 0 Å². The van der Waals surface area contributed by atoms with E-state index in [1.54, 1.807) is 7.11 Å². The van der Waals surface area contributed by atoms with Crippen LogP contribution < -0.4 is 10.1 Å². The van der Waals surface area contributed by atoms with E-state index in [0.717, 1.165) is 43.1 Å². The Bertz CT molecular complexity index is 399. The summed E-state index contributed by atoms with van der Waals surface area (Å²) in [7, 11) is 1.62. The number of thiophene rings is 1. The zero-order valence-corrected chi connectivity index (χ0v) is 11.8. The largest absolute Gasteiger partial charge is 0.496 e. The number of carbonyl (C=O) groups excluding carboxylic acids is 1. The fraction of sp³-hybridized carbons (Fsp3) is 0.615. The van der Waals surface area contributed by atoms with Gasteiger partial charge in [-0.3, -0.25) is 4.79 Å². The van der Waals surface area contributed by atoms with Crippen LogP contribution in [0.1, 0.15) is 29.4 Å². The van der Waals surface area contributed by atoms with E-state index in [1.165, 1.54) is 11.3 Å². The summed E-state index contributed by atoms with van der Waals surface area (Å²) in [5.41, 5.74) is 0. The Kier molecular flexibility index (Phi) is 4.60. The summed E-state index contributed by atoms with van der Waals surface area (Å²) < 4.78 is 5.13. The molecule has 0 radical (unpaired) electrons. The molecule has 100 valence electrons. The summed E-state index contributed by atoms with van der Waals surface area (Å²) in [5.74, 6) is 0.890. The molecule has 2 rings (SSSR count). The van der Waals surface area contributed by atoms with Crippen molar-refractivity contribution in [1.82, 2.24) is 10.2 Å². The van der Waals surface area contributed by atoms with Crippen molar-refractivity contribution in [2.24, 2.45) is 0 Å². The molecule has 1 aliphatic heterocycles. The minimum Gasteiger partial charge on any atom is -0.496 e. The van der Waals surface area contributed by atoms with E-state index in [9.17, 15) is 4.79 Å². The molecular formula is C13H20N2O2S. The average molecular weight is 268 g/mol. The van der Waals surface area contributed by atoms with Gasteiger partial charge in [-0.1, -0.05) is 0 Å². The Morgan fingerprint density at radius 3 is 3.06 bits per heavy atom. The van der Waals surface area contributed by atoms with Crippen LogP contribution >= 0.6 is 11.3 Å². The molecule has 1 aromatic rings. The average Bonchev–Trinajstić information content (AvgIpc) is 2.89. The van der Waals surface area contributed by atoms with Crippen LogP contribution in [0, 0.1) is 0 Å². The zero-order valence-electron chi connectivity index (χ0n) is 10.9. The number of ether oxygens (including phenoxy) is 1. The van der Waals surface area contributed by atoms with Crippen LogP contribution in [0.15, 0.2) is 11.4 Å². The van der Waals surface area contributed by atoms with Gasteiger partial charge in [0.15, 0.2) is 0 Å². The quantitative estimate of drug-likeness (QED) is 0.908. The summed E-state index contributed by atoms with van der Waals surface area (Å²) >= 11 is 1.45. The second kappa shape index (κ2) is 6.20. The van der Waals surface area contributed by atoms with Crippen LogP contribution in [0.2, 0.25) is 0 Å². The summed E-state index contributed by atoms with van der Waals surface area (Å²) in [6, 6.07) is 2.15. The van der Waals surface area contributed by atoms with Crippen molar-refractivity contribution in [2.75, 3.05) is 26.7 Å². The van der Waals surface area contributed by atoms with Gasteiger partial charge in [-0.15, -0.1) is 11.3 Å². The van der Waals surface area contributed by atoms with Crippen molar-refractivity contribution < 1.29 is 9.53 Å². The molecule has 1 unspecified atom stereocenters. The number of methoxy groups -OCH3 is 1. The molecule has 0 spiro atoms. The zero-order chi connectivity index (χ0) is 13.0. The van der Waals surface area contributed by atoms with Gasteiger partial charge in [0.05, 0.1) is 12.0 Å². The van der Waals surface area contributed by atoms with Crippen molar-refractivity contribution >= 4 is 17.2 Å². The summed E-state index contributed by atoms with van der Waals surface area (Å²) in [4.78, 5) is 15.2. The van der Waals surface area contributed by atoms with Gasteiger partial charge in [-0.25, -0.2) is 0 Å². The number of carbonyl (C=O) groups is 1. The normalized spacial score (nSPS) is 19.6. The second-order valence-corrected chi connectivity index (χ2v) is 5.35. The molecule has 1 fully saturated rings. The van der Waals surface area contributed by atoms with E-state index in [4.69, 9.17) is 4.74 Å². The third kappa shape index (κ3) is 2.84. The van der Waals surface area contributed by atoms with Gasteiger partial charge < -0.3 is 15.0 Å². The maximum absolute atomic E-state index is 12.5. The maximum atomic E-state index is 12.5. The molecule has 18 heavy (non-hydrogen) atoms. The Morgan fingerprint density at radius 2 is 2.50 bits per heavy atom. The summed E-state index contributed by atoms with van der Waals surface area (Å²) in [6.45, 7) is 4.76. The molecule has 1 aromatic heterocycles. The molecule has 2 heterocycles. The SMILES string of the molecule is CCN(C(=O)c1cc(OC)cs1)C1CCCNC1. The van der Waals surface area contributed by atoms with Crippen LogP contribution in [0.4, 0.5) is 0 Å². The first-order chi connectivity index (χ1) is 8.76. The third-order valence-electron chi connectivity index (χ3n) is 3.34. The van der Waals surface area contributed by atoms with Crippen LogP contribution in [-0.4, -0.2) is 43.6 Å². The topological polar surface area (TPSA) is 41.6 Å². The van der Waals surface area contributed by atoms with Gasteiger partial charge in [0.1, 0.15) is 5.75 Å². The first-order valence-electron chi connectivity index (χ1n) is 6.40. The summed E-state index contributed by atoms with van der Waals surface area (Å²) in [5, 5.41) is 5.23. The number of piperidine rings is 1. The van der Waals surface area contributed by atoms with E-state index in [1.807, 2.05) is 23.3 Å². The first-order valence-corrected chi connectivity index (χ1v) is 7.28. The summed E-state index contributed by atoms with van der Waals surface area (Å²) in [6.07, 6.45) is 2.23. The van der Waals surface area contributed by atoms with Crippen molar-refractivity contribution in [3.8, 4) is 5.75 Å². The van der Waals surface area contributed by atoms with E-state index in [-0.39, 0.29) is 5.91 Å². The lowest BCUT2D eigenvalue weighted by Crippen LogP contribution is -2.48. The van der Waals surface area contributed by atoms with Crippen LogP contribution in [-0.2, 0) is 0 Å². The molecule has 1 saturated heterocycles. The van der Waals surface area contributed by atoms with E-state index >= 15 is 0 Å². The van der Waals surface area contributed by atoms with Crippen LogP contribution in [0.25, 0.3) is 0 Å². The van der Waals surface area contributed by atoms with Crippen LogP contribution in [0.5, 0.6) is 5.75 Å². The molecule has 1 amide bonds. The van der Waals surface area contributed by atoms with E-state index < -0.39 is 0 Å². The first kappa shape index (κ1) is 13.4. The smallest absolute Gasteiger partial charge is 0.264 e. The van der Waals surface area contributed by atoms with Crippen molar-refractivity contribution in [2.45, 2.75) is 25.8 Å². The molecule has 0 saturated carbocycles. The molecule has 0 bridgehead atoms. The molecule has 1 N–H and O–H groups in total. The number of nitrogens with one attached hydrogen (secondary N) is 1. The number of rotatable bonds is 4. The number of hydrogen-bond donors (Lipinski definition) is 1. The number of likely N-dealkylation sites (N-methyl/N-ethyl adjacent to an activating group) is 1. The lowest BCUT2D eigenvalue weighted by atomic mass is 10.1. The minimum absolute atomic E-state index is 0.125. The molecule has 1 atom stereocenters. The lowest BCUT2D eigenvalue weighted by Gasteiger charge is -2.33. The fourth-order valence-electron chi connectivity index (χ4n) is 2.35. The van der Waals surface area contributed by atoms with Crippen LogP contribution in [0.3, 0.4) is 0 Å². The number of nitrogens with zero attached hydrogens (tertiary/aromatic N) is 1. The predicted molar refractivity (Wildman–Crippen MR) is 73.5 cm³/mol. The van der Waals surface area contributed by atoms with Crippen molar-refractivity contribution in [3.63, 3.8) is 0 Å². The Balaban J connectivity index is 2.08. The van der Waals surface area contributed by atoms with Gasteiger partial charge >= 0.3 is 0 Å². The highest BCUT2D eigenvalue weighted by atomic mass is 32.1. The van der Waals surface area contributed by atoms with Gasteiger partial charge in [0.2, 0.25) is 0 Å². The minimum atomic E-state index is 0.125. The lowest BCUT2D eigenvalue weighted by molar-refractivity contribution is 0.0667. The highest BCUT2D eigenvalue weighted by Crippen LogP contribution is 2.24. The van der Waals surface area contributed by atoms with E-state index in [0.29, 0.717) is 6.04 Å². The monoisotopic (exact) mass is 268 g/mol. The highest BCUT2D eigenvalue weighted by molar-refractivity contribution is 7.12. The van der Waals surface area contributed by atoms with Crippen molar-refractivity contribution in [3.05, 3.63) is 16.3 Å². The molecular weight excluding hydrogens is 248 g/mol. The number of hydrogen-bond acceptors (Lipinski definition) is 4. The maximum Gasteiger partial charge on any atom is 0.264 e. The standard InChI is InChI=1S/C13H20N2O2S/c1-3-15(10-5-4-6-14-8-10)13(16)12-7-11(17-2)9-18-12/h7,9-10,14H,3-6,8H2,1-2H3. The van der Waals surface area contributed by atoms with Gasteiger partial charge in [0, 0.05) is 30.6 Å². The predicted octanol–water partition coefficient (Wildman–Crippen LogP) is 1.97. The Labute approximate surface area is 112 Å². The molecule has 1 aliphatic rings. The Morgan fingerprint density at radius 1 is 1.67 bits per heavy atom. The van der Waals surface area contributed by atoms with Gasteiger partial charge in [0.25, 0.3) is 5.91 Å². The fourth-order valence-corrected chi connectivity index (χ4v) is 3.16. The molecule has 0 aromatic carbocycles. The second-order valence-electron chi connectivity index (χ2n) is 4.44. The highest BCUT2D eigenvalue weighted by Gasteiger charge is 2.25. The van der Waals surface area contributed by atoms with Gasteiger partial charge in [-0.05, 0) is 26.3 Å². The Hall–Kier alpha value is -1.07. The van der Waals surface area contributed by atoms with E-state index in [2.05, 4.69) is 5.32 Å². The van der Waals surface area contributed by atoms with Crippen molar-refractivity contribution in [1.29, 1.82) is 0 Å². The third-order valence-corrected chi connectivity index (χ3v) is 4.23. The molecule has 0 aliphatic carbocycles. The molecule has 4 nitrogen and oxygen atoms in total. The molecule has 5 heteroatoms. The number of amides is 1.